The average Bonchev–Trinajstić information content (AvgIpc) is 2.45. The van der Waals surface area contributed by atoms with E-state index in [2.05, 4.69) is 16.3 Å². The molecule has 0 unspecified atom stereocenters. The maximum Gasteiger partial charge on any atom is 0.307 e. The van der Waals surface area contributed by atoms with Crippen LogP contribution >= 0.6 is 0 Å². The van der Waals surface area contributed by atoms with Gasteiger partial charge in [0.25, 0.3) is 5.88 Å². The molecule has 1 N–H and O–H groups in total. The number of hydrogen-bond donors (Lipinski definition) is 1. The molecule has 0 aliphatic carbocycles. The van der Waals surface area contributed by atoms with Gasteiger partial charge in [0.15, 0.2) is 0 Å². The highest BCUT2D eigenvalue weighted by Crippen LogP contribution is 2.25. The van der Waals surface area contributed by atoms with E-state index < -0.39 is 5.97 Å². The lowest BCUT2D eigenvalue weighted by molar-refractivity contribution is -0.136. The Balaban J connectivity index is 2.25. The molecular weight excluding hydrogens is 270 g/mol. The van der Waals surface area contributed by atoms with Gasteiger partial charge < -0.3 is 9.84 Å². The van der Waals surface area contributed by atoms with E-state index in [4.69, 9.17) is 9.84 Å². The molecule has 1 aromatic heterocycles. The number of ether oxygens (including phenoxy) is 1. The molecule has 106 valence electrons. The van der Waals surface area contributed by atoms with Crippen LogP contribution in [-0.4, -0.2) is 21.3 Å². The minimum Gasteiger partial charge on any atom is -0.481 e. The Kier molecular flexibility index (Phi) is 4.14. The van der Waals surface area contributed by atoms with Crippen molar-refractivity contribution in [1.29, 1.82) is 5.26 Å². The Morgan fingerprint density at radius 2 is 1.95 bits per heavy atom. The highest BCUT2D eigenvalue weighted by molar-refractivity contribution is 5.70. The summed E-state index contributed by atoms with van der Waals surface area (Å²) in [6.07, 6.45) is -0.0484. The van der Waals surface area contributed by atoms with Gasteiger partial charge in [0, 0.05) is 0 Å². The van der Waals surface area contributed by atoms with Crippen LogP contribution in [0.25, 0.3) is 0 Å². The van der Waals surface area contributed by atoms with Crippen molar-refractivity contribution < 1.29 is 14.6 Å². The number of rotatable bonds is 4. The minimum absolute atomic E-state index is 0.0484. The summed E-state index contributed by atoms with van der Waals surface area (Å²) < 4.78 is 5.55. The van der Waals surface area contributed by atoms with Gasteiger partial charge in [-0.3, -0.25) is 4.79 Å². The van der Waals surface area contributed by atoms with E-state index in [1.165, 1.54) is 0 Å². The second kappa shape index (κ2) is 6.01. The summed E-state index contributed by atoms with van der Waals surface area (Å²) in [7, 11) is 0. The first kappa shape index (κ1) is 14.5. The van der Waals surface area contributed by atoms with Crippen molar-refractivity contribution in [3.63, 3.8) is 0 Å². The molecule has 1 aromatic carbocycles. The van der Waals surface area contributed by atoms with Crippen molar-refractivity contribution in [3.8, 4) is 17.7 Å². The topological polar surface area (TPSA) is 96.1 Å². The first-order valence-corrected chi connectivity index (χ1v) is 6.24. The van der Waals surface area contributed by atoms with Crippen molar-refractivity contribution >= 4 is 5.97 Å². The summed E-state index contributed by atoms with van der Waals surface area (Å²) >= 11 is 0. The van der Waals surface area contributed by atoms with E-state index in [0.29, 0.717) is 22.6 Å². The van der Waals surface area contributed by atoms with E-state index in [1.54, 1.807) is 38.1 Å². The number of benzene rings is 1. The predicted octanol–water partition coefficient (Wildman–Crippen LogP) is 2.38. The molecule has 0 saturated heterocycles. The fourth-order valence-corrected chi connectivity index (χ4v) is 1.75. The standard InChI is InChI=1S/C15H13N3O3/c1-9-10(2)17-18-15(13(9)8-16)21-12-5-3-11(4-6-12)7-14(19)20/h3-6H,7H2,1-2H3,(H,19,20). The van der Waals surface area contributed by atoms with Crippen molar-refractivity contribution in [2.75, 3.05) is 0 Å². The third kappa shape index (κ3) is 3.34. The van der Waals surface area contributed by atoms with E-state index in [9.17, 15) is 10.1 Å². The Bertz CT molecular complexity index is 718. The number of nitrogens with zero attached hydrogens (tertiary/aromatic N) is 3. The number of aromatic nitrogens is 2. The lowest BCUT2D eigenvalue weighted by Crippen LogP contribution is -2.01. The molecule has 21 heavy (non-hydrogen) atoms. The second-order valence-electron chi connectivity index (χ2n) is 4.52. The SMILES string of the molecule is Cc1nnc(Oc2ccc(CC(=O)O)cc2)c(C#N)c1C. The normalized spacial score (nSPS) is 9.95. The van der Waals surface area contributed by atoms with Gasteiger partial charge in [0.05, 0.1) is 12.1 Å². The summed E-state index contributed by atoms with van der Waals surface area (Å²) in [4.78, 5) is 10.6. The first-order valence-electron chi connectivity index (χ1n) is 6.24. The van der Waals surface area contributed by atoms with Gasteiger partial charge in [-0.15, -0.1) is 5.10 Å². The zero-order chi connectivity index (χ0) is 15.4. The van der Waals surface area contributed by atoms with Crippen LogP contribution in [-0.2, 0) is 11.2 Å². The molecule has 6 nitrogen and oxygen atoms in total. The molecule has 2 aromatic rings. The molecule has 0 saturated carbocycles. The molecule has 0 amide bonds. The lowest BCUT2D eigenvalue weighted by atomic mass is 10.1. The van der Waals surface area contributed by atoms with Crippen LogP contribution < -0.4 is 4.74 Å². The Morgan fingerprint density at radius 3 is 2.52 bits per heavy atom. The van der Waals surface area contributed by atoms with Crippen LogP contribution in [0.4, 0.5) is 0 Å². The summed E-state index contributed by atoms with van der Waals surface area (Å²) in [6.45, 7) is 3.55. The number of carboxylic acid groups (broad SMARTS) is 1. The van der Waals surface area contributed by atoms with E-state index in [-0.39, 0.29) is 12.3 Å². The van der Waals surface area contributed by atoms with Crippen LogP contribution in [0.3, 0.4) is 0 Å². The van der Waals surface area contributed by atoms with Crippen molar-refractivity contribution in [2.24, 2.45) is 0 Å². The third-order valence-corrected chi connectivity index (χ3v) is 3.03. The summed E-state index contributed by atoms with van der Waals surface area (Å²) in [5.41, 5.74) is 2.42. The summed E-state index contributed by atoms with van der Waals surface area (Å²) in [5, 5.41) is 25.7. The van der Waals surface area contributed by atoms with Gasteiger partial charge in [-0.2, -0.15) is 10.4 Å². The highest BCUT2D eigenvalue weighted by Gasteiger charge is 2.13. The summed E-state index contributed by atoms with van der Waals surface area (Å²) in [5.74, 6) is -0.278. The van der Waals surface area contributed by atoms with Gasteiger partial charge in [-0.05, 0) is 37.1 Å². The number of aliphatic carboxylic acids is 1. The maximum absolute atomic E-state index is 10.6. The van der Waals surface area contributed by atoms with Crippen molar-refractivity contribution in [3.05, 3.63) is 46.6 Å². The quantitative estimate of drug-likeness (QED) is 0.925. The van der Waals surface area contributed by atoms with E-state index in [0.717, 1.165) is 5.56 Å². The monoisotopic (exact) mass is 283 g/mol. The molecule has 0 spiro atoms. The molecule has 1 heterocycles. The minimum atomic E-state index is -0.893. The van der Waals surface area contributed by atoms with Crippen LogP contribution in [0.15, 0.2) is 24.3 Å². The maximum atomic E-state index is 10.6. The first-order chi connectivity index (χ1) is 10.0. The molecule has 0 atom stereocenters. The Morgan fingerprint density at radius 1 is 1.29 bits per heavy atom. The molecule has 0 fully saturated rings. The smallest absolute Gasteiger partial charge is 0.307 e. The zero-order valence-corrected chi connectivity index (χ0v) is 11.6. The van der Waals surface area contributed by atoms with Crippen LogP contribution in [0, 0.1) is 25.2 Å². The van der Waals surface area contributed by atoms with E-state index >= 15 is 0 Å². The molecule has 2 rings (SSSR count). The third-order valence-electron chi connectivity index (χ3n) is 3.03. The molecule has 0 radical (unpaired) electrons. The van der Waals surface area contributed by atoms with Crippen LogP contribution in [0.5, 0.6) is 11.6 Å². The Hall–Kier alpha value is -2.94. The predicted molar refractivity (Wildman–Crippen MR) is 74.1 cm³/mol. The summed E-state index contributed by atoms with van der Waals surface area (Å²) in [6, 6.07) is 8.64. The number of hydrogen-bond acceptors (Lipinski definition) is 5. The molecule has 0 aliphatic heterocycles. The zero-order valence-electron chi connectivity index (χ0n) is 11.6. The lowest BCUT2D eigenvalue weighted by Gasteiger charge is -2.08. The number of nitriles is 1. The van der Waals surface area contributed by atoms with Crippen molar-refractivity contribution in [1.82, 2.24) is 10.2 Å². The fourth-order valence-electron chi connectivity index (χ4n) is 1.75. The van der Waals surface area contributed by atoms with Crippen LogP contribution in [0.1, 0.15) is 22.4 Å². The molecule has 0 aliphatic rings. The Labute approximate surface area is 121 Å². The second-order valence-corrected chi connectivity index (χ2v) is 4.52. The van der Waals surface area contributed by atoms with Gasteiger partial charge in [0.2, 0.25) is 0 Å². The van der Waals surface area contributed by atoms with Gasteiger partial charge in [0.1, 0.15) is 17.4 Å². The molecular formula is C15H13N3O3. The number of carboxylic acids is 1. The average molecular weight is 283 g/mol. The van der Waals surface area contributed by atoms with Crippen LogP contribution in [0.2, 0.25) is 0 Å². The van der Waals surface area contributed by atoms with Crippen molar-refractivity contribution in [2.45, 2.75) is 20.3 Å². The van der Waals surface area contributed by atoms with Gasteiger partial charge >= 0.3 is 5.97 Å². The fraction of sp³-hybridized carbons (Fsp3) is 0.200. The number of carbonyl (C=O) groups is 1. The largest absolute Gasteiger partial charge is 0.481 e. The number of aryl methyl sites for hydroxylation is 1. The highest BCUT2D eigenvalue weighted by atomic mass is 16.5. The van der Waals surface area contributed by atoms with E-state index in [1.807, 2.05) is 0 Å². The van der Waals surface area contributed by atoms with Gasteiger partial charge in [-0.25, -0.2) is 0 Å². The molecule has 0 bridgehead atoms. The van der Waals surface area contributed by atoms with Gasteiger partial charge in [-0.1, -0.05) is 12.1 Å². The molecule has 6 heteroatoms.